The summed E-state index contributed by atoms with van der Waals surface area (Å²) in [6.07, 6.45) is 0.152. The lowest BCUT2D eigenvalue weighted by Crippen LogP contribution is -2.28. The van der Waals surface area contributed by atoms with Crippen molar-refractivity contribution in [1.29, 1.82) is 0 Å². The molecule has 1 aliphatic rings. The van der Waals surface area contributed by atoms with Crippen LogP contribution in [0.1, 0.15) is 6.42 Å². The van der Waals surface area contributed by atoms with E-state index < -0.39 is 11.8 Å². The number of nitrogens with two attached hydrogens (primary N) is 1. The van der Waals surface area contributed by atoms with Crippen molar-refractivity contribution in [2.24, 2.45) is 11.7 Å². The second kappa shape index (κ2) is 4.47. The molecule has 1 saturated heterocycles. The molecule has 1 aliphatic heterocycles. The van der Waals surface area contributed by atoms with E-state index in [2.05, 4.69) is 4.98 Å². The van der Waals surface area contributed by atoms with Crippen LogP contribution in [0.3, 0.4) is 0 Å². The maximum absolute atomic E-state index is 11.9. The number of aromatic nitrogens is 1. The number of nitrogens with zero attached hydrogens (tertiary/aromatic N) is 2. The van der Waals surface area contributed by atoms with Gasteiger partial charge in [0.25, 0.3) is 0 Å². The summed E-state index contributed by atoms with van der Waals surface area (Å²) in [7, 11) is 0. The molecule has 0 spiro atoms. The van der Waals surface area contributed by atoms with Crippen LogP contribution in [-0.2, 0) is 9.59 Å². The maximum Gasteiger partial charge on any atom is 0.229 e. The summed E-state index contributed by atoms with van der Waals surface area (Å²) in [4.78, 5) is 28.9. The number of thiazole rings is 1. The van der Waals surface area contributed by atoms with Crippen molar-refractivity contribution < 1.29 is 9.59 Å². The minimum Gasteiger partial charge on any atom is -0.369 e. The molecule has 98 valence electrons. The number of halogens is 1. The number of benzene rings is 1. The average molecular weight is 296 g/mol. The van der Waals surface area contributed by atoms with Gasteiger partial charge in [-0.2, -0.15) is 0 Å². The van der Waals surface area contributed by atoms with Gasteiger partial charge in [-0.25, -0.2) is 4.98 Å². The predicted octanol–water partition coefficient (Wildman–Crippen LogP) is 1.79. The van der Waals surface area contributed by atoms with Gasteiger partial charge in [-0.05, 0) is 12.1 Å². The third kappa shape index (κ3) is 2.06. The topological polar surface area (TPSA) is 76.3 Å². The molecule has 0 bridgehead atoms. The molecule has 5 nitrogen and oxygen atoms in total. The van der Waals surface area contributed by atoms with Gasteiger partial charge in [-0.3, -0.25) is 14.5 Å². The van der Waals surface area contributed by atoms with Gasteiger partial charge in [0.05, 0.1) is 15.6 Å². The summed E-state index contributed by atoms with van der Waals surface area (Å²) in [5, 5.41) is 1.12. The Labute approximate surface area is 118 Å². The van der Waals surface area contributed by atoms with Crippen molar-refractivity contribution in [3.8, 4) is 0 Å². The first kappa shape index (κ1) is 12.4. The first-order valence-electron chi connectivity index (χ1n) is 5.71. The van der Waals surface area contributed by atoms with Gasteiger partial charge in [0.15, 0.2) is 5.13 Å². The summed E-state index contributed by atoms with van der Waals surface area (Å²) in [6, 6.07) is 5.49. The molecule has 1 aromatic heterocycles. The monoisotopic (exact) mass is 295 g/mol. The standard InChI is InChI=1S/C12H10ClN3O2S/c13-7-2-1-3-8-10(7)15-12(19-8)16-5-6(11(14)18)4-9(16)17/h1-3,6H,4-5H2,(H2,14,18). The van der Waals surface area contributed by atoms with Crippen LogP contribution in [0.4, 0.5) is 5.13 Å². The number of carbonyl (C=O) groups is 2. The van der Waals surface area contributed by atoms with E-state index in [1.165, 1.54) is 16.2 Å². The molecule has 2 heterocycles. The van der Waals surface area contributed by atoms with Crippen molar-refractivity contribution in [1.82, 2.24) is 4.98 Å². The fourth-order valence-electron chi connectivity index (χ4n) is 2.10. The molecule has 2 amide bonds. The second-order valence-corrected chi connectivity index (χ2v) is 5.81. The average Bonchev–Trinajstić information content (AvgIpc) is 2.93. The van der Waals surface area contributed by atoms with E-state index in [1.54, 1.807) is 6.07 Å². The van der Waals surface area contributed by atoms with E-state index in [0.717, 1.165) is 4.70 Å². The smallest absolute Gasteiger partial charge is 0.229 e. The summed E-state index contributed by atoms with van der Waals surface area (Å²) in [6.45, 7) is 0.297. The molecule has 1 fully saturated rings. The van der Waals surface area contributed by atoms with E-state index in [9.17, 15) is 9.59 Å². The van der Waals surface area contributed by atoms with Crippen LogP contribution in [-0.4, -0.2) is 23.3 Å². The number of carbonyl (C=O) groups excluding carboxylic acids is 2. The van der Waals surface area contributed by atoms with E-state index in [1.807, 2.05) is 12.1 Å². The number of fused-ring (bicyclic) bond motifs is 1. The van der Waals surface area contributed by atoms with Crippen LogP contribution < -0.4 is 10.6 Å². The second-order valence-electron chi connectivity index (χ2n) is 4.39. The molecule has 1 aromatic carbocycles. The fourth-order valence-corrected chi connectivity index (χ4v) is 3.39. The van der Waals surface area contributed by atoms with Crippen LogP contribution in [0.5, 0.6) is 0 Å². The number of rotatable bonds is 2. The van der Waals surface area contributed by atoms with Gasteiger partial charge in [-0.1, -0.05) is 29.0 Å². The molecule has 0 aliphatic carbocycles. The van der Waals surface area contributed by atoms with Gasteiger partial charge in [0, 0.05) is 13.0 Å². The number of para-hydroxylation sites is 1. The Balaban J connectivity index is 1.99. The predicted molar refractivity (Wildman–Crippen MR) is 74.3 cm³/mol. The first-order chi connectivity index (χ1) is 9.06. The molecular weight excluding hydrogens is 286 g/mol. The lowest BCUT2D eigenvalue weighted by Gasteiger charge is -2.11. The molecule has 1 atom stereocenters. The van der Waals surface area contributed by atoms with Gasteiger partial charge < -0.3 is 5.73 Å². The summed E-state index contributed by atoms with van der Waals surface area (Å²) in [5.74, 6) is -1.01. The van der Waals surface area contributed by atoms with Gasteiger partial charge >= 0.3 is 0 Å². The highest BCUT2D eigenvalue weighted by Gasteiger charge is 2.35. The number of primary amides is 1. The Morgan fingerprint density at radius 3 is 2.95 bits per heavy atom. The molecule has 0 saturated carbocycles. The Morgan fingerprint density at radius 2 is 2.32 bits per heavy atom. The third-order valence-corrected chi connectivity index (χ3v) is 4.47. The number of hydrogen-bond donors (Lipinski definition) is 1. The Morgan fingerprint density at radius 1 is 1.53 bits per heavy atom. The van der Waals surface area contributed by atoms with Crippen LogP contribution in [0, 0.1) is 5.92 Å². The van der Waals surface area contributed by atoms with Crippen LogP contribution in [0.25, 0.3) is 10.2 Å². The lowest BCUT2D eigenvalue weighted by atomic mass is 10.1. The van der Waals surface area contributed by atoms with E-state index in [-0.39, 0.29) is 12.3 Å². The molecule has 19 heavy (non-hydrogen) atoms. The summed E-state index contributed by atoms with van der Waals surface area (Å²) >= 11 is 7.44. The normalized spacial score (nSPS) is 19.3. The zero-order valence-corrected chi connectivity index (χ0v) is 11.4. The van der Waals surface area contributed by atoms with Crippen molar-refractivity contribution in [2.45, 2.75) is 6.42 Å². The largest absolute Gasteiger partial charge is 0.369 e. The zero-order chi connectivity index (χ0) is 13.6. The van der Waals surface area contributed by atoms with E-state index in [4.69, 9.17) is 17.3 Å². The fraction of sp³-hybridized carbons (Fsp3) is 0.250. The Kier molecular flexibility index (Phi) is 2.91. The van der Waals surface area contributed by atoms with E-state index >= 15 is 0 Å². The minimum atomic E-state index is -0.449. The minimum absolute atomic E-state index is 0.126. The zero-order valence-electron chi connectivity index (χ0n) is 9.80. The molecule has 0 radical (unpaired) electrons. The Bertz CT molecular complexity index is 685. The molecule has 1 unspecified atom stereocenters. The van der Waals surface area contributed by atoms with E-state index in [0.29, 0.717) is 22.2 Å². The number of anilines is 1. The third-order valence-electron chi connectivity index (χ3n) is 3.12. The van der Waals surface area contributed by atoms with Crippen molar-refractivity contribution in [3.05, 3.63) is 23.2 Å². The van der Waals surface area contributed by atoms with Crippen LogP contribution >= 0.6 is 22.9 Å². The van der Waals surface area contributed by atoms with Gasteiger partial charge in [0.2, 0.25) is 11.8 Å². The maximum atomic E-state index is 11.9. The highest BCUT2D eigenvalue weighted by atomic mass is 35.5. The lowest BCUT2D eigenvalue weighted by molar-refractivity contribution is -0.123. The number of hydrogen-bond acceptors (Lipinski definition) is 4. The van der Waals surface area contributed by atoms with Crippen LogP contribution in [0.2, 0.25) is 5.02 Å². The van der Waals surface area contributed by atoms with Crippen LogP contribution in [0.15, 0.2) is 18.2 Å². The number of amides is 2. The summed E-state index contributed by atoms with van der Waals surface area (Å²) < 4.78 is 0.915. The molecule has 2 N–H and O–H groups in total. The van der Waals surface area contributed by atoms with Crippen molar-refractivity contribution >= 4 is 50.1 Å². The highest BCUT2D eigenvalue weighted by molar-refractivity contribution is 7.22. The molecule has 7 heteroatoms. The Hall–Kier alpha value is -1.66. The quantitative estimate of drug-likeness (QED) is 0.917. The molecule has 3 rings (SSSR count). The van der Waals surface area contributed by atoms with Gasteiger partial charge in [0.1, 0.15) is 5.52 Å². The SMILES string of the molecule is NC(=O)C1CC(=O)N(c2nc3c(Cl)cccc3s2)C1. The van der Waals surface area contributed by atoms with Crippen molar-refractivity contribution in [2.75, 3.05) is 11.4 Å². The van der Waals surface area contributed by atoms with Gasteiger partial charge in [-0.15, -0.1) is 0 Å². The summed E-state index contributed by atoms with van der Waals surface area (Å²) in [5.41, 5.74) is 5.92. The molecular formula is C12H10ClN3O2S. The first-order valence-corrected chi connectivity index (χ1v) is 6.90. The molecule has 2 aromatic rings. The highest BCUT2D eigenvalue weighted by Crippen LogP contribution is 2.35. The van der Waals surface area contributed by atoms with Crippen molar-refractivity contribution in [3.63, 3.8) is 0 Å².